The SMILES string of the molecule is CS(=O)(=O)NCC(c1ccc(Cl)cc1)n1ccnc1. The van der Waals surface area contributed by atoms with Crippen LogP contribution < -0.4 is 4.72 Å². The fraction of sp³-hybridized carbons (Fsp3) is 0.250. The maximum atomic E-state index is 11.2. The molecule has 0 fully saturated rings. The second-order valence-corrected chi connectivity index (χ2v) is 6.47. The monoisotopic (exact) mass is 299 g/mol. The summed E-state index contributed by atoms with van der Waals surface area (Å²) in [5.41, 5.74) is 0.957. The van der Waals surface area contributed by atoms with Crippen LogP contribution in [0.3, 0.4) is 0 Å². The van der Waals surface area contributed by atoms with Crippen molar-refractivity contribution < 1.29 is 8.42 Å². The normalized spacial score (nSPS) is 13.4. The summed E-state index contributed by atoms with van der Waals surface area (Å²) in [5.74, 6) is 0. The van der Waals surface area contributed by atoms with Crippen LogP contribution in [0.4, 0.5) is 0 Å². The van der Waals surface area contributed by atoms with Gasteiger partial charge in [0, 0.05) is 24.0 Å². The summed E-state index contributed by atoms with van der Waals surface area (Å²) in [6.45, 7) is 0.261. The van der Waals surface area contributed by atoms with Gasteiger partial charge in [-0.15, -0.1) is 0 Å². The average molecular weight is 300 g/mol. The Balaban J connectivity index is 2.27. The molecule has 0 amide bonds. The Kier molecular flexibility index (Phi) is 4.24. The molecule has 1 atom stereocenters. The highest BCUT2D eigenvalue weighted by Gasteiger charge is 2.15. The van der Waals surface area contributed by atoms with Crippen molar-refractivity contribution in [2.45, 2.75) is 6.04 Å². The molecule has 0 radical (unpaired) electrons. The number of rotatable bonds is 5. The van der Waals surface area contributed by atoms with Crippen LogP contribution in [-0.4, -0.2) is 30.8 Å². The zero-order valence-corrected chi connectivity index (χ0v) is 11.9. The molecule has 0 saturated carbocycles. The Labute approximate surface area is 117 Å². The summed E-state index contributed by atoms with van der Waals surface area (Å²) in [6.07, 6.45) is 6.25. The number of benzene rings is 1. The summed E-state index contributed by atoms with van der Waals surface area (Å²) in [7, 11) is -3.24. The fourth-order valence-corrected chi connectivity index (χ4v) is 2.35. The van der Waals surface area contributed by atoms with E-state index in [2.05, 4.69) is 9.71 Å². The van der Waals surface area contributed by atoms with E-state index in [0.29, 0.717) is 5.02 Å². The molecule has 1 N–H and O–H groups in total. The molecule has 0 spiro atoms. The van der Waals surface area contributed by atoms with Crippen LogP contribution in [0.25, 0.3) is 0 Å². The van der Waals surface area contributed by atoms with E-state index in [9.17, 15) is 8.42 Å². The van der Waals surface area contributed by atoms with Crippen molar-refractivity contribution in [2.24, 2.45) is 0 Å². The number of nitrogens with one attached hydrogen (secondary N) is 1. The van der Waals surface area contributed by atoms with Gasteiger partial charge in [-0.25, -0.2) is 18.1 Å². The molecule has 1 unspecified atom stereocenters. The van der Waals surface area contributed by atoms with E-state index < -0.39 is 10.0 Å². The topological polar surface area (TPSA) is 64.0 Å². The Morgan fingerprint density at radius 2 is 2.05 bits per heavy atom. The molecule has 0 aliphatic rings. The first kappa shape index (κ1) is 14.0. The van der Waals surface area contributed by atoms with E-state index in [1.807, 2.05) is 16.7 Å². The van der Waals surface area contributed by atoms with Crippen LogP contribution in [0, 0.1) is 0 Å². The molecule has 2 rings (SSSR count). The van der Waals surface area contributed by atoms with E-state index >= 15 is 0 Å². The maximum Gasteiger partial charge on any atom is 0.208 e. The molecule has 0 bridgehead atoms. The van der Waals surface area contributed by atoms with Gasteiger partial charge in [0.15, 0.2) is 0 Å². The van der Waals surface area contributed by atoms with E-state index in [4.69, 9.17) is 11.6 Å². The van der Waals surface area contributed by atoms with Gasteiger partial charge >= 0.3 is 0 Å². The molecular formula is C12H14ClN3O2S. The van der Waals surface area contributed by atoms with Gasteiger partial charge in [0.05, 0.1) is 18.6 Å². The molecule has 1 aromatic heterocycles. The van der Waals surface area contributed by atoms with Crippen LogP contribution in [0.2, 0.25) is 5.02 Å². The van der Waals surface area contributed by atoms with Crippen molar-refractivity contribution in [1.82, 2.24) is 14.3 Å². The predicted molar refractivity (Wildman–Crippen MR) is 74.7 cm³/mol. The number of aromatic nitrogens is 2. The Hall–Kier alpha value is -1.37. The molecule has 1 heterocycles. The molecule has 5 nitrogen and oxygen atoms in total. The van der Waals surface area contributed by atoms with Gasteiger partial charge in [-0.1, -0.05) is 23.7 Å². The lowest BCUT2D eigenvalue weighted by Crippen LogP contribution is -2.30. The number of hydrogen-bond acceptors (Lipinski definition) is 3. The van der Waals surface area contributed by atoms with E-state index in [0.717, 1.165) is 11.8 Å². The molecule has 2 aromatic rings. The summed E-state index contributed by atoms with van der Waals surface area (Å²) in [6, 6.07) is 7.14. The smallest absolute Gasteiger partial charge is 0.208 e. The molecule has 1 aromatic carbocycles. The zero-order valence-electron chi connectivity index (χ0n) is 10.3. The molecular weight excluding hydrogens is 286 g/mol. The minimum atomic E-state index is -3.24. The van der Waals surface area contributed by atoms with Crippen LogP contribution in [0.5, 0.6) is 0 Å². The van der Waals surface area contributed by atoms with Gasteiger partial charge in [-0.3, -0.25) is 0 Å². The minimum absolute atomic E-state index is 0.158. The van der Waals surface area contributed by atoms with E-state index in [1.165, 1.54) is 0 Å². The Morgan fingerprint density at radius 3 is 2.58 bits per heavy atom. The highest BCUT2D eigenvalue weighted by atomic mass is 35.5. The van der Waals surface area contributed by atoms with Crippen LogP contribution >= 0.6 is 11.6 Å². The summed E-state index contributed by atoms with van der Waals surface area (Å²) in [5, 5.41) is 0.643. The van der Waals surface area contributed by atoms with Crippen molar-refractivity contribution in [1.29, 1.82) is 0 Å². The van der Waals surface area contributed by atoms with Crippen molar-refractivity contribution in [3.63, 3.8) is 0 Å². The first-order chi connectivity index (χ1) is 8.96. The van der Waals surface area contributed by atoms with E-state index in [-0.39, 0.29) is 12.6 Å². The quantitative estimate of drug-likeness (QED) is 0.913. The average Bonchev–Trinajstić information content (AvgIpc) is 2.84. The lowest BCUT2D eigenvalue weighted by Gasteiger charge is -2.19. The van der Waals surface area contributed by atoms with Gasteiger partial charge in [-0.05, 0) is 17.7 Å². The predicted octanol–water partition coefficient (Wildman–Crippen LogP) is 1.68. The number of hydrogen-bond donors (Lipinski definition) is 1. The second kappa shape index (κ2) is 5.73. The van der Waals surface area contributed by atoms with Gasteiger partial charge in [0.1, 0.15) is 0 Å². The third-order valence-corrected chi connectivity index (χ3v) is 3.62. The number of nitrogens with zero attached hydrogens (tertiary/aromatic N) is 2. The van der Waals surface area contributed by atoms with Crippen molar-refractivity contribution >= 4 is 21.6 Å². The molecule has 102 valence electrons. The number of sulfonamides is 1. The van der Waals surface area contributed by atoms with Gasteiger partial charge in [-0.2, -0.15) is 0 Å². The van der Waals surface area contributed by atoms with Gasteiger partial charge < -0.3 is 4.57 Å². The minimum Gasteiger partial charge on any atom is -0.329 e. The molecule has 7 heteroatoms. The molecule has 0 aliphatic carbocycles. The van der Waals surface area contributed by atoms with Crippen LogP contribution in [0.15, 0.2) is 43.0 Å². The van der Waals surface area contributed by atoms with Crippen molar-refractivity contribution in [3.8, 4) is 0 Å². The Morgan fingerprint density at radius 1 is 1.37 bits per heavy atom. The summed E-state index contributed by atoms with van der Waals surface area (Å²) in [4.78, 5) is 3.99. The van der Waals surface area contributed by atoms with Crippen LogP contribution in [-0.2, 0) is 10.0 Å². The summed E-state index contributed by atoms with van der Waals surface area (Å²) >= 11 is 5.86. The molecule has 0 saturated heterocycles. The third-order valence-electron chi connectivity index (χ3n) is 2.68. The van der Waals surface area contributed by atoms with Crippen molar-refractivity contribution in [2.75, 3.05) is 12.8 Å². The standard InChI is InChI=1S/C12H14ClN3O2S/c1-19(17,18)15-8-12(16-7-6-14-9-16)10-2-4-11(13)5-3-10/h2-7,9,12,15H,8H2,1H3. The lowest BCUT2D eigenvalue weighted by atomic mass is 10.1. The number of halogens is 1. The lowest BCUT2D eigenvalue weighted by molar-refractivity contribution is 0.546. The zero-order chi connectivity index (χ0) is 13.9. The third kappa shape index (κ3) is 4.05. The van der Waals surface area contributed by atoms with Gasteiger partial charge in [0.2, 0.25) is 10.0 Å². The number of imidazole rings is 1. The van der Waals surface area contributed by atoms with Crippen molar-refractivity contribution in [3.05, 3.63) is 53.6 Å². The Bertz CT molecular complexity index is 624. The summed E-state index contributed by atoms with van der Waals surface area (Å²) < 4.78 is 26.8. The highest BCUT2D eigenvalue weighted by Crippen LogP contribution is 2.20. The first-order valence-electron chi connectivity index (χ1n) is 5.63. The maximum absolute atomic E-state index is 11.2. The van der Waals surface area contributed by atoms with Crippen LogP contribution in [0.1, 0.15) is 11.6 Å². The van der Waals surface area contributed by atoms with Gasteiger partial charge in [0.25, 0.3) is 0 Å². The van der Waals surface area contributed by atoms with E-state index in [1.54, 1.807) is 30.9 Å². The molecule has 19 heavy (non-hydrogen) atoms. The second-order valence-electron chi connectivity index (χ2n) is 4.20. The fourth-order valence-electron chi connectivity index (χ4n) is 1.76. The first-order valence-corrected chi connectivity index (χ1v) is 7.90. The highest BCUT2D eigenvalue weighted by molar-refractivity contribution is 7.88. The largest absolute Gasteiger partial charge is 0.329 e. The molecule has 0 aliphatic heterocycles.